The fourth-order valence-corrected chi connectivity index (χ4v) is 5.99. The molecule has 2 aliphatic rings. The maximum Gasteiger partial charge on any atom is 0.483 e. The second-order valence-electron chi connectivity index (χ2n) is 8.75. The SMILES string of the molecule is CC(=O)N[C@@H]1C(O)[C@@H](OP(=O)(O)OP(=O)(O)OC[C@H]2O[C@@H](n3cc(C)c(=O)[nH]c3=O)C[C@H]2O)OC(C)[C@H]1O. The molecular formula is C18H29N3O15P2. The van der Waals surface area contributed by atoms with Crippen LogP contribution in [0.5, 0.6) is 0 Å². The number of aromatic amines is 1. The lowest BCUT2D eigenvalue weighted by Gasteiger charge is -2.41. The summed E-state index contributed by atoms with van der Waals surface area (Å²) < 4.78 is 49.8. The quantitative estimate of drug-likeness (QED) is 0.150. The number of hydrogen-bond donors (Lipinski definition) is 7. The molecule has 2 aliphatic heterocycles. The molecule has 10 atom stereocenters. The number of H-pyrrole nitrogens is 1. The fourth-order valence-electron chi connectivity index (χ4n) is 3.84. The highest BCUT2D eigenvalue weighted by Crippen LogP contribution is 2.61. The van der Waals surface area contributed by atoms with Crippen molar-refractivity contribution >= 4 is 21.6 Å². The van der Waals surface area contributed by atoms with Crippen LogP contribution in [0.15, 0.2) is 15.8 Å². The van der Waals surface area contributed by atoms with E-state index in [9.17, 15) is 48.6 Å². The van der Waals surface area contributed by atoms with Crippen LogP contribution in [0.3, 0.4) is 0 Å². The van der Waals surface area contributed by atoms with Crippen molar-refractivity contribution in [1.82, 2.24) is 14.9 Å². The van der Waals surface area contributed by atoms with Gasteiger partial charge in [-0.25, -0.2) is 13.9 Å². The van der Waals surface area contributed by atoms with E-state index in [0.29, 0.717) is 0 Å². The Morgan fingerprint density at radius 2 is 1.84 bits per heavy atom. The number of aliphatic hydroxyl groups excluding tert-OH is 3. The number of nitrogens with zero attached hydrogens (tertiary/aromatic N) is 1. The van der Waals surface area contributed by atoms with E-state index < -0.39 is 88.5 Å². The molecule has 0 aromatic carbocycles. The Morgan fingerprint density at radius 1 is 1.18 bits per heavy atom. The third kappa shape index (κ3) is 7.44. The standard InChI is InChI=1S/C18H29N3O15P2/c1-7-5-21(18(27)20-16(7)26)12-4-10(23)11(34-12)6-32-37(28,29)36-38(30,31)35-17-15(25)13(19-9(3)22)14(24)8(2)33-17/h5,8,10-15,17,23-25H,4,6H2,1-3H3,(H,19,22)(H,28,29)(H,30,31)(H,20,26,27)/t8?,10-,11-,12-,13+,14-,15?,17-/m1/s1. The van der Waals surface area contributed by atoms with Crippen LogP contribution in [-0.2, 0) is 36.8 Å². The molecule has 4 unspecified atom stereocenters. The van der Waals surface area contributed by atoms with E-state index in [-0.39, 0.29) is 12.0 Å². The molecule has 216 valence electrons. The van der Waals surface area contributed by atoms with Gasteiger partial charge in [0.2, 0.25) is 5.91 Å². The van der Waals surface area contributed by atoms with Gasteiger partial charge in [-0.2, -0.15) is 4.31 Å². The molecule has 3 heterocycles. The molecule has 0 bridgehead atoms. The number of aryl methyl sites for hydroxylation is 1. The van der Waals surface area contributed by atoms with Gasteiger partial charge in [0.1, 0.15) is 24.5 Å². The van der Waals surface area contributed by atoms with Gasteiger partial charge in [-0.1, -0.05) is 0 Å². The van der Waals surface area contributed by atoms with Crippen molar-refractivity contribution in [3.63, 3.8) is 0 Å². The van der Waals surface area contributed by atoms with Crippen LogP contribution < -0.4 is 16.6 Å². The Kier molecular flexibility index (Phi) is 9.51. The summed E-state index contributed by atoms with van der Waals surface area (Å²) in [5.41, 5.74) is -1.24. The third-order valence-corrected chi connectivity index (χ3v) is 8.32. The molecule has 0 radical (unpaired) electrons. The second kappa shape index (κ2) is 11.8. The number of aromatic nitrogens is 2. The highest BCUT2D eigenvalue weighted by molar-refractivity contribution is 7.61. The molecule has 0 spiro atoms. The minimum Gasteiger partial charge on any atom is -0.390 e. The van der Waals surface area contributed by atoms with Crippen molar-refractivity contribution < 1.29 is 61.9 Å². The predicted octanol–water partition coefficient (Wildman–Crippen LogP) is -2.28. The molecule has 2 fully saturated rings. The lowest BCUT2D eigenvalue weighted by Crippen LogP contribution is -2.63. The van der Waals surface area contributed by atoms with Crippen molar-refractivity contribution in [3.8, 4) is 0 Å². The second-order valence-corrected chi connectivity index (χ2v) is 11.7. The monoisotopic (exact) mass is 589 g/mol. The molecular weight excluding hydrogens is 560 g/mol. The highest BCUT2D eigenvalue weighted by atomic mass is 31.3. The van der Waals surface area contributed by atoms with Gasteiger partial charge >= 0.3 is 21.3 Å². The summed E-state index contributed by atoms with van der Waals surface area (Å²) in [6.45, 7) is 3.02. The Morgan fingerprint density at radius 3 is 2.47 bits per heavy atom. The smallest absolute Gasteiger partial charge is 0.390 e. The number of hydrogen-bond acceptors (Lipinski definition) is 13. The van der Waals surface area contributed by atoms with Crippen molar-refractivity contribution in [1.29, 1.82) is 0 Å². The van der Waals surface area contributed by atoms with Gasteiger partial charge in [0.25, 0.3) is 5.56 Å². The van der Waals surface area contributed by atoms with Gasteiger partial charge in [-0.15, -0.1) is 0 Å². The zero-order valence-corrected chi connectivity index (χ0v) is 22.1. The molecule has 1 aromatic rings. The van der Waals surface area contributed by atoms with Gasteiger partial charge in [-0.05, 0) is 13.8 Å². The van der Waals surface area contributed by atoms with Crippen LogP contribution >= 0.6 is 15.6 Å². The molecule has 18 nitrogen and oxygen atoms in total. The summed E-state index contributed by atoms with van der Waals surface area (Å²) in [7, 11) is -10.8. The number of aliphatic hydroxyl groups is 3. The topological polar surface area (TPSA) is 265 Å². The first-order chi connectivity index (χ1) is 17.5. The number of rotatable bonds is 9. The zero-order chi connectivity index (χ0) is 28.6. The number of carbonyl (C=O) groups is 1. The lowest BCUT2D eigenvalue weighted by molar-refractivity contribution is -0.244. The normalized spacial score (nSPS) is 34.8. The van der Waals surface area contributed by atoms with Gasteiger partial charge in [-0.3, -0.25) is 28.2 Å². The Balaban J connectivity index is 1.60. The van der Waals surface area contributed by atoms with E-state index in [1.165, 1.54) is 20.0 Å². The summed E-state index contributed by atoms with van der Waals surface area (Å²) in [5, 5.41) is 32.9. The number of phosphoric acid groups is 2. The first-order valence-corrected chi connectivity index (χ1v) is 14.1. The Hall–Kier alpha value is -1.79. The lowest BCUT2D eigenvalue weighted by atomic mass is 9.97. The average Bonchev–Trinajstić information content (AvgIpc) is 3.15. The van der Waals surface area contributed by atoms with E-state index in [2.05, 4.69) is 23.7 Å². The number of amides is 1. The molecule has 0 aliphatic carbocycles. The van der Waals surface area contributed by atoms with E-state index in [4.69, 9.17) is 9.47 Å². The number of nitrogens with one attached hydrogen (secondary N) is 2. The van der Waals surface area contributed by atoms with E-state index >= 15 is 0 Å². The van der Waals surface area contributed by atoms with E-state index in [0.717, 1.165) is 11.5 Å². The molecule has 1 aromatic heterocycles. The van der Waals surface area contributed by atoms with Crippen LogP contribution in [0.4, 0.5) is 0 Å². The molecule has 2 saturated heterocycles. The van der Waals surface area contributed by atoms with Crippen LogP contribution in [0.25, 0.3) is 0 Å². The Bertz CT molecular complexity index is 1240. The summed E-state index contributed by atoms with van der Waals surface area (Å²) in [5.74, 6) is -0.642. The number of ether oxygens (including phenoxy) is 2. The van der Waals surface area contributed by atoms with Crippen molar-refractivity contribution in [2.24, 2.45) is 0 Å². The maximum atomic E-state index is 12.4. The van der Waals surface area contributed by atoms with Gasteiger partial charge in [0.15, 0.2) is 6.29 Å². The molecule has 1 amide bonds. The summed E-state index contributed by atoms with van der Waals surface area (Å²) in [6.07, 6.45) is -8.98. The van der Waals surface area contributed by atoms with E-state index in [1.807, 2.05) is 0 Å². The maximum absolute atomic E-state index is 12.4. The van der Waals surface area contributed by atoms with Gasteiger partial charge in [0.05, 0.1) is 24.9 Å². The average molecular weight is 589 g/mol. The minimum absolute atomic E-state index is 0.159. The van der Waals surface area contributed by atoms with Crippen molar-refractivity contribution in [3.05, 3.63) is 32.6 Å². The number of carbonyl (C=O) groups excluding carboxylic acids is 1. The van der Waals surface area contributed by atoms with Crippen molar-refractivity contribution in [2.75, 3.05) is 6.61 Å². The molecule has 38 heavy (non-hydrogen) atoms. The minimum atomic E-state index is -5.48. The van der Waals surface area contributed by atoms with Crippen LogP contribution in [0, 0.1) is 6.92 Å². The first kappa shape index (κ1) is 30.7. The molecule has 3 rings (SSSR count). The summed E-state index contributed by atoms with van der Waals surface area (Å²) >= 11 is 0. The molecule has 20 heteroatoms. The highest BCUT2D eigenvalue weighted by Gasteiger charge is 2.48. The van der Waals surface area contributed by atoms with Gasteiger partial charge < -0.3 is 39.9 Å². The largest absolute Gasteiger partial charge is 0.483 e. The number of phosphoric ester groups is 2. The third-order valence-electron chi connectivity index (χ3n) is 5.72. The summed E-state index contributed by atoms with van der Waals surface area (Å²) in [4.78, 5) is 56.9. The van der Waals surface area contributed by atoms with Crippen molar-refractivity contribution in [2.45, 2.75) is 76.3 Å². The zero-order valence-electron chi connectivity index (χ0n) is 20.3. The molecule has 7 N–H and O–H groups in total. The molecule has 0 saturated carbocycles. The van der Waals surface area contributed by atoms with Crippen LogP contribution in [-0.4, -0.2) is 90.0 Å². The fraction of sp³-hybridized carbons (Fsp3) is 0.722. The predicted molar refractivity (Wildman–Crippen MR) is 122 cm³/mol. The Labute approximate surface area is 214 Å². The van der Waals surface area contributed by atoms with Crippen LogP contribution in [0.2, 0.25) is 0 Å². The first-order valence-electron chi connectivity index (χ1n) is 11.1. The van der Waals surface area contributed by atoms with Gasteiger partial charge in [0, 0.05) is 25.1 Å². The summed E-state index contributed by atoms with van der Waals surface area (Å²) in [6, 6.07) is -1.37. The van der Waals surface area contributed by atoms with Crippen LogP contribution in [0.1, 0.15) is 32.1 Å². The van der Waals surface area contributed by atoms with E-state index in [1.54, 1.807) is 0 Å².